The highest BCUT2D eigenvalue weighted by molar-refractivity contribution is 4.79. The second-order valence-corrected chi connectivity index (χ2v) is 3.15. The Morgan fingerprint density at radius 2 is 2.30 bits per heavy atom. The zero-order chi connectivity index (χ0) is 7.45. The van der Waals surface area contributed by atoms with E-state index in [1.807, 2.05) is 7.05 Å². The first-order valence-electron chi connectivity index (χ1n) is 3.57. The average Bonchev–Trinajstić information content (AvgIpc) is 1.85. The van der Waals surface area contributed by atoms with Crippen LogP contribution < -0.4 is 5.32 Å². The largest absolute Gasteiger partial charge is 0.380 e. The summed E-state index contributed by atoms with van der Waals surface area (Å²) in [5.74, 6) is 0. The van der Waals surface area contributed by atoms with E-state index < -0.39 is 0 Å². The van der Waals surface area contributed by atoms with Gasteiger partial charge in [-0.15, -0.1) is 0 Å². The normalized spacial score (nSPS) is 22.2. The van der Waals surface area contributed by atoms with Crippen LogP contribution in [0.5, 0.6) is 0 Å². The molecule has 0 aromatic carbocycles. The van der Waals surface area contributed by atoms with E-state index in [9.17, 15) is 0 Å². The maximum Gasteiger partial charge on any atom is 0.0963 e. The van der Waals surface area contributed by atoms with E-state index in [2.05, 4.69) is 12.2 Å². The topological polar surface area (TPSA) is 30.5 Å². The fourth-order valence-electron chi connectivity index (χ4n) is 0.933. The number of hydrogen-bond acceptors (Lipinski definition) is 3. The van der Waals surface area contributed by atoms with Crippen molar-refractivity contribution < 1.29 is 9.47 Å². The summed E-state index contributed by atoms with van der Waals surface area (Å²) in [6, 6.07) is 0. The lowest BCUT2D eigenvalue weighted by Gasteiger charge is -2.37. The first kappa shape index (κ1) is 7.98. The predicted molar refractivity (Wildman–Crippen MR) is 38.8 cm³/mol. The lowest BCUT2D eigenvalue weighted by molar-refractivity contribution is -0.138. The lowest BCUT2D eigenvalue weighted by Crippen LogP contribution is -2.44. The first-order valence-corrected chi connectivity index (χ1v) is 3.57. The van der Waals surface area contributed by atoms with Crippen LogP contribution in [0.4, 0.5) is 0 Å². The monoisotopic (exact) mass is 145 g/mol. The van der Waals surface area contributed by atoms with E-state index in [4.69, 9.17) is 9.47 Å². The van der Waals surface area contributed by atoms with Gasteiger partial charge in [-0.05, 0) is 7.05 Å². The summed E-state index contributed by atoms with van der Waals surface area (Å²) in [4.78, 5) is 0. The third kappa shape index (κ3) is 1.94. The fourth-order valence-corrected chi connectivity index (χ4v) is 0.933. The van der Waals surface area contributed by atoms with Crippen LogP contribution in [0.1, 0.15) is 6.92 Å². The van der Waals surface area contributed by atoms with Gasteiger partial charge in [-0.25, -0.2) is 0 Å². The van der Waals surface area contributed by atoms with Crippen molar-refractivity contribution in [2.24, 2.45) is 5.41 Å². The maximum absolute atomic E-state index is 5.30. The molecule has 0 saturated carbocycles. The van der Waals surface area contributed by atoms with Crippen molar-refractivity contribution in [1.82, 2.24) is 5.32 Å². The molecule has 10 heavy (non-hydrogen) atoms. The van der Waals surface area contributed by atoms with Gasteiger partial charge in [0, 0.05) is 5.41 Å². The second-order valence-electron chi connectivity index (χ2n) is 3.15. The predicted octanol–water partition coefficient (Wildman–Crippen LogP) is 0.216. The molecule has 0 radical (unpaired) electrons. The molecule has 0 spiro atoms. The fraction of sp³-hybridized carbons (Fsp3) is 1.00. The molecule has 1 N–H and O–H groups in total. The summed E-state index contributed by atoms with van der Waals surface area (Å²) in [5.41, 5.74) is 0.289. The van der Waals surface area contributed by atoms with Crippen molar-refractivity contribution in [3.63, 3.8) is 0 Å². The Morgan fingerprint density at radius 3 is 2.70 bits per heavy atom. The molecule has 0 amide bonds. The van der Waals surface area contributed by atoms with Gasteiger partial charge in [0.15, 0.2) is 0 Å². The summed E-state index contributed by atoms with van der Waals surface area (Å²) in [7, 11) is 1.87. The summed E-state index contributed by atoms with van der Waals surface area (Å²) < 4.78 is 10.4. The van der Waals surface area contributed by atoms with Crippen molar-refractivity contribution in [2.45, 2.75) is 6.92 Å². The van der Waals surface area contributed by atoms with Crippen molar-refractivity contribution in [1.29, 1.82) is 0 Å². The Labute approximate surface area is 61.7 Å². The molecule has 1 fully saturated rings. The summed E-state index contributed by atoms with van der Waals surface area (Å²) in [6.45, 7) is 5.29. The molecule has 0 bridgehead atoms. The van der Waals surface area contributed by atoms with E-state index in [1.54, 1.807) is 0 Å². The zero-order valence-corrected chi connectivity index (χ0v) is 6.64. The highest BCUT2D eigenvalue weighted by atomic mass is 16.5. The quantitative estimate of drug-likeness (QED) is 0.453. The van der Waals surface area contributed by atoms with Gasteiger partial charge in [0.1, 0.15) is 0 Å². The van der Waals surface area contributed by atoms with Gasteiger partial charge >= 0.3 is 0 Å². The van der Waals surface area contributed by atoms with E-state index in [-0.39, 0.29) is 5.41 Å². The Bertz CT molecular complexity index is 102. The van der Waals surface area contributed by atoms with Crippen LogP contribution in [-0.2, 0) is 9.47 Å². The maximum atomic E-state index is 5.30. The van der Waals surface area contributed by atoms with E-state index in [0.29, 0.717) is 6.73 Å². The number of rotatable bonds is 4. The van der Waals surface area contributed by atoms with Gasteiger partial charge in [-0.3, -0.25) is 5.32 Å². The first-order chi connectivity index (χ1) is 4.77. The summed E-state index contributed by atoms with van der Waals surface area (Å²) in [6.07, 6.45) is 0. The Balaban J connectivity index is 2.01. The van der Waals surface area contributed by atoms with Gasteiger partial charge in [-0.2, -0.15) is 0 Å². The molecule has 1 aliphatic heterocycles. The molecule has 1 aliphatic rings. The molecule has 60 valence electrons. The van der Waals surface area contributed by atoms with Gasteiger partial charge in [0.25, 0.3) is 0 Å². The van der Waals surface area contributed by atoms with E-state index in [1.165, 1.54) is 0 Å². The van der Waals surface area contributed by atoms with Crippen LogP contribution in [0.2, 0.25) is 0 Å². The van der Waals surface area contributed by atoms with E-state index >= 15 is 0 Å². The van der Waals surface area contributed by atoms with Crippen molar-refractivity contribution >= 4 is 0 Å². The SMILES string of the molecule is CNCOCC1(C)COC1. The van der Waals surface area contributed by atoms with Crippen molar-refractivity contribution in [3.8, 4) is 0 Å². The Hall–Kier alpha value is -0.120. The molecule has 0 aromatic heterocycles. The minimum absolute atomic E-state index is 0.289. The smallest absolute Gasteiger partial charge is 0.0963 e. The van der Waals surface area contributed by atoms with Gasteiger partial charge in [0.05, 0.1) is 26.6 Å². The molecule has 3 heteroatoms. The standard InChI is InChI=1S/C7H15NO2/c1-7(3-9-4-7)5-10-6-8-2/h8H,3-6H2,1-2H3. The van der Waals surface area contributed by atoms with Crippen molar-refractivity contribution in [3.05, 3.63) is 0 Å². The number of ether oxygens (including phenoxy) is 2. The third-order valence-electron chi connectivity index (χ3n) is 1.60. The molecule has 1 rings (SSSR count). The molecule has 3 nitrogen and oxygen atoms in total. The molecule has 1 heterocycles. The van der Waals surface area contributed by atoms with Gasteiger partial charge in [-0.1, -0.05) is 6.92 Å². The zero-order valence-electron chi connectivity index (χ0n) is 6.64. The molecule has 0 unspecified atom stereocenters. The van der Waals surface area contributed by atoms with Crippen LogP contribution in [0.25, 0.3) is 0 Å². The second kappa shape index (κ2) is 3.32. The van der Waals surface area contributed by atoms with Crippen LogP contribution >= 0.6 is 0 Å². The Kier molecular flexibility index (Phi) is 2.65. The minimum atomic E-state index is 0.289. The molecular weight excluding hydrogens is 130 g/mol. The van der Waals surface area contributed by atoms with Gasteiger partial charge in [0.2, 0.25) is 0 Å². The average molecular weight is 145 g/mol. The van der Waals surface area contributed by atoms with Crippen LogP contribution in [0, 0.1) is 5.41 Å². The summed E-state index contributed by atoms with van der Waals surface area (Å²) >= 11 is 0. The van der Waals surface area contributed by atoms with Gasteiger partial charge < -0.3 is 9.47 Å². The van der Waals surface area contributed by atoms with Crippen LogP contribution in [0.3, 0.4) is 0 Å². The highest BCUT2D eigenvalue weighted by Crippen LogP contribution is 2.26. The molecular formula is C7H15NO2. The molecule has 1 saturated heterocycles. The number of hydrogen-bond donors (Lipinski definition) is 1. The van der Waals surface area contributed by atoms with E-state index in [0.717, 1.165) is 19.8 Å². The van der Waals surface area contributed by atoms with Crippen LogP contribution in [-0.4, -0.2) is 33.6 Å². The highest BCUT2D eigenvalue weighted by Gasteiger charge is 2.33. The van der Waals surface area contributed by atoms with Crippen molar-refractivity contribution in [2.75, 3.05) is 33.6 Å². The molecule has 0 atom stereocenters. The molecule has 0 aliphatic carbocycles. The molecule has 0 aromatic rings. The number of nitrogens with one attached hydrogen (secondary N) is 1. The lowest BCUT2D eigenvalue weighted by atomic mass is 9.90. The summed E-state index contributed by atoms with van der Waals surface area (Å²) in [5, 5.41) is 2.93. The minimum Gasteiger partial charge on any atom is -0.380 e. The third-order valence-corrected chi connectivity index (χ3v) is 1.60. The van der Waals surface area contributed by atoms with Crippen LogP contribution in [0.15, 0.2) is 0 Å². The Morgan fingerprint density at radius 1 is 1.60 bits per heavy atom.